The molecule has 1 rings (SSSR count). The Hall–Kier alpha value is -0.720. The van der Waals surface area contributed by atoms with Crippen molar-refractivity contribution in [1.29, 1.82) is 0 Å². The van der Waals surface area contributed by atoms with Crippen LogP contribution in [-0.2, 0) is 11.2 Å². The Morgan fingerprint density at radius 2 is 2.12 bits per heavy atom. The number of rotatable bonds is 5. The van der Waals surface area contributed by atoms with Crippen LogP contribution >= 0.6 is 23.7 Å². The molecule has 17 heavy (non-hydrogen) atoms. The highest BCUT2D eigenvalue weighted by Crippen LogP contribution is 2.18. The van der Waals surface area contributed by atoms with E-state index in [4.69, 9.17) is 5.73 Å². The third-order valence-electron chi connectivity index (χ3n) is 2.28. The van der Waals surface area contributed by atoms with Crippen molar-refractivity contribution < 1.29 is 4.79 Å². The molecule has 0 saturated heterocycles. The molecule has 1 atom stereocenters. The van der Waals surface area contributed by atoms with Crippen LogP contribution in [0.15, 0.2) is 0 Å². The molecular formula is C10H19ClN4OS. The molecule has 0 aromatic carbocycles. The van der Waals surface area contributed by atoms with Crippen LogP contribution in [0.3, 0.4) is 0 Å². The Labute approximate surface area is 112 Å². The van der Waals surface area contributed by atoms with Gasteiger partial charge in [-0.3, -0.25) is 10.1 Å². The van der Waals surface area contributed by atoms with Gasteiger partial charge in [-0.05, 0) is 19.8 Å². The third kappa shape index (κ3) is 4.57. The van der Waals surface area contributed by atoms with Gasteiger partial charge in [0.25, 0.3) is 0 Å². The highest BCUT2D eigenvalue weighted by molar-refractivity contribution is 7.15. The number of nitrogens with two attached hydrogens (primary N) is 1. The van der Waals surface area contributed by atoms with Gasteiger partial charge in [-0.15, -0.1) is 22.6 Å². The highest BCUT2D eigenvalue weighted by atomic mass is 35.5. The Balaban J connectivity index is 0.00000256. The van der Waals surface area contributed by atoms with Crippen LogP contribution in [0, 0.1) is 0 Å². The summed E-state index contributed by atoms with van der Waals surface area (Å²) in [5, 5.41) is 11.9. The summed E-state index contributed by atoms with van der Waals surface area (Å²) < 4.78 is 0. The second-order valence-electron chi connectivity index (χ2n) is 3.98. The number of hydrogen-bond acceptors (Lipinski definition) is 5. The summed E-state index contributed by atoms with van der Waals surface area (Å²) in [5.74, 6) is -0.201. The molecule has 98 valence electrons. The predicted octanol–water partition coefficient (Wildman–Crippen LogP) is 1.98. The Morgan fingerprint density at radius 3 is 2.59 bits per heavy atom. The van der Waals surface area contributed by atoms with E-state index in [9.17, 15) is 4.79 Å². The van der Waals surface area contributed by atoms with E-state index in [-0.39, 0.29) is 18.3 Å². The second kappa shape index (κ2) is 6.88. The minimum Gasteiger partial charge on any atom is -0.318 e. The number of aryl methyl sites for hydroxylation is 1. The van der Waals surface area contributed by atoms with Crippen LogP contribution in [0.1, 0.15) is 38.6 Å². The lowest BCUT2D eigenvalue weighted by Crippen LogP contribution is -2.48. The van der Waals surface area contributed by atoms with Gasteiger partial charge in [0.05, 0.1) is 5.54 Å². The van der Waals surface area contributed by atoms with E-state index in [2.05, 4.69) is 15.5 Å². The first-order valence-electron chi connectivity index (χ1n) is 5.42. The van der Waals surface area contributed by atoms with Gasteiger partial charge < -0.3 is 5.73 Å². The van der Waals surface area contributed by atoms with Crippen molar-refractivity contribution >= 4 is 34.8 Å². The summed E-state index contributed by atoms with van der Waals surface area (Å²) in [4.78, 5) is 11.8. The highest BCUT2D eigenvalue weighted by Gasteiger charge is 2.27. The normalized spacial score (nSPS) is 13.6. The van der Waals surface area contributed by atoms with Crippen molar-refractivity contribution in [2.24, 2.45) is 5.73 Å². The van der Waals surface area contributed by atoms with E-state index in [1.807, 2.05) is 13.8 Å². The molecule has 0 bridgehead atoms. The van der Waals surface area contributed by atoms with Crippen LogP contribution in [-0.4, -0.2) is 21.6 Å². The summed E-state index contributed by atoms with van der Waals surface area (Å²) in [5.41, 5.74) is 5.06. The lowest BCUT2D eigenvalue weighted by molar-refractivity contribution is -0.120. The van der Waals surface area contributed by atoms with Gasteiger partial charge in [0.2, 0.25) is 11.0 Å². The monoisotopic (exact) mass is 278 g/mol. The molecule has 1 aromatic heterocycles. The molecule has 5 nitrogen and oxygen atoms in total. The Kier molecular flexibility index (Phi) is 6.59. The van der Waals surface area contributed by atoms with Gasteiger partial charge >= 0.3 is 0 Å². The molecule has 3 N–H and O–H groups in total. The summed E-state index contributed by atoms with van der Waals surface area (Å²) >= 11 is 1.39. The van der Waals surface area contributed by atoms with Gasteiger partial charge in [-0.2, -0.15) is 0 Å². The number of nitrogens with one attached hydrogen (secondary N) is 1. The molecule has 0 spiro atoms. The molecule has 7 heteroatoms. The van der Waals surface area contributed by atoms with Gasteiger partial charge in [0.15, 0.2) is 0 Å². The lowest BCUT2D eigenvalue weighted by Gasteiger charge is -2.21. The molecule has 0 radical (unpaired) electrons. The smallest absolute Gasteiger partial charge is 0.245 e. The maximum Gasteiger partial charge on any atom is 0.245 e. The van der Waals surface area contributed by atoms with Crippen molar-refractivity contribution in [3.05, 3.63) is 5.01 Å². The molecule has 0 aliphatic heterocycles. The fraction of sp³-hybridized carbons (Fsp3) is 0.700. The van der Waals surface area contributed by atoms with Gasteiger partial charge in [-0.1, -0.05) is 31.6 Å². The number of halogens is 1. The first kappa shape index (κ1) is 16.3. The lowest BCUT2D eigenvalue weighted by atomic mass is 9.97. The van der Waals surface area contributed by atoms with E-state index >= 15 is 0 Å². The second-order valence-corrected chi connectivity index (χ2v) is 5.04. The van der Waals surface area contributed by atoms with Crippen LogP contribution in [0.25, 0.3) is 0 Å². The molecule has 0 saturated carbocycles. The molecular weight excluding hydrogens is 260 g/mol. The number of aromatic nitrogens is 2. The van der Waals surface area contributed by atoms with Crippen molar-refractivity contribution in [2.75, 3.05) is 5.32 Å². The predicted molar refractivity (Wildman–Crippen MR) is 72.7 cm³/mol. The fourth-order valence-electron chi connectivity index (χ4n) is 1.32. The van der Waals surface area contributed by atoms with E-state index in [1.54, 1.807) is 6.92 Å². The minimum atomic E-state index is -0.840. The van der Waals surface area contributed by atoms with Gasteiger partial charge in [0.1, 0.15) is 5.01 Å². The largest absolute Gasteiger partial charge is 0.318 e. The molecule has 0 aliphatic rings. The van der Waals surface area contributed by atoms with Crippen molar-refractivity contribution in [1.82, 2.24) is 10.2 Å². The summed E-state index contributed by atoms with van der Waals surface area (Å²) in [6.45, 7) is 5.72. The number of carbonyl (C=O) groups is 1. The number of amides is 1. The number of carbonyl (C=O) groups excluding carboxylic acids is 1. The maximum atomic E-state index is 11.8. The van der Waals surface area contributed by atoms with Crippen LogP contribution in [0.5, 0.6) is 0 Å². The maximum absolute atomic E-state index is 11.8. The quantitative estimate of drug-likeness (QED) is 0.863. The average Bonchev–Trinajstić information content (AvgIpc) is 2.65. The molecule has 1 heterocycles. The van der Waals surface area contributed by atoms with Crippen LogP contribution in [0.4, 0.5) is 5.13 Å². The molecule has 0 fully saturated rings. The number of hydrogen-bond donors (Lipinski definition) is 2. The molecule has 1 amide bonds. The van der Waals surface area contributed by atoms with E-state index in [0.29, 0.717) is 11.6 Å². The standard InChI is InChI=1S/C10H18N4OS.ClH/c1-4-6-10(3,11)8(15)12-9-14-13-7(5-2)16-9;/h4-6,11H2,1-3H3,(H,12,14,15);1H. The van der Waals surface area contributed by atoms with E-state index in [1.165, 1.54) is 11.3 Å². The van der Waals surface area contributed by atoms with Crippen molar-refractivity contribution in [3.8, 4) is 0 Å². The topological polar surface area (TPSA) is 80.9 Å². The van der Waals surface area contributed by atoms with Gasteiger partial charge in [-0.25, -0.2) is 0 Å². The summed E-state index contributed by atoms with van der Waals surface area (Å²) in [6, 6.07) is 0. The first-order chi connectivity index (χ1) is 7.49. The van der Waals surface area contributed by atoms with Crippen LogP contribution in [0.2, 0.25) is 0 Å². The number of anilines is 1. The molecule has 1 unspecified atom stereocenters. The summed E-state index contributed by atoms with van der Waals surface area (Å²) in [7, 11) is 0. The number of nitrogens with zero attached hydrogens (tertiary/aromatic N) is 2. The zero-order chi connectivity index (χ0) is 12.2. The van der Waals surface area contributed by atoms with E-state index < -0.39 is 5.54 Å². The van der Waals surface area contributed by atoms with Crippen molar-refractivity contribution in [2.45, 2.75) is 45.6 Å². The van der Waals surface area contributed by atoms with E-state index in [0.717, 1.165) is 17.8 Å². The third-order valence-corrected chi connectivity index (χ3v) is 3.26. The SMILES string of the molecule is CCCC(C)(N)C(=O)Nc1nnc(CC)s1.Cl. The fourth-order valence-corrected chi connectivity index (χ4v) is 1.99. The van der Waals surface area contributed by atoms with Crippen molar-refractivity contribution in [3.63, 3.8) is 0 Å². The van der Waals surface area contributed by atoms with Crippen LogP contribution < -0.4 is 11.1 Å². The zero-order valence-electron chi connectivity index (χ0n) is 10.3. The Bertz CT molecular complexity index is 367. The Morgan fingerprint density at radius 1 is 1.47 bits per heavy atom. The zero-order valence-corrected chi connectivity index (χ0v) is 12.0. The summed E-state index contributed by atoms with van der Waals surface area (Å²) in [6.07, 6.45) is 2.34. The first-order valence-corrected chi connectivity index (χ1v) is 6.24. The van der Waals surface area contributed by atoms with Gasteiger partial charge in [0, 0.05) is 0 Å². The molecule has 0 aliphatic carbocycles. The minimum absolute atomic E-state index is 0. The average molecular weight is 279 g/mol. The molecule has 1 aromatic rings.